The maximum atomic E-state index is 12.1. The number of alkyl carbamates (subject to hydrolysis) is 1. The summed E-state index contributed by atoms with van der Waals surface area (Å²) in [5.74, 6) is 0.193. The number of hydrogen-bond donors (Lipinski definition) is 2. The van der Waals surface area contributed by atoms with Gasteiger partial charge in [-0.15, -0.1) is 0 Å². The number of likely N-dealkylation sites (tertiary alicyclic amines) is 1. The number of nitrogens with zero attached hydrogens (tertiary/aromatic N) is 1. The molecule has 1 fully saturated rings. The monoisotopic (exact) mass is 299 g/mol. The van der Waals surface area contributed by atoms with E-state index in [0.717, 1.165) is 51.6 Å². The molecule has 21 heavy (non-hydrogen) atoms. The van der Waals surface area contributed by atoms with Crippen LogP contribution in [0.15, 0.2) is 0 Å². The third-order valence-corrected chi connectivity index (χ3v) is 3.72. The van der Waals surface area contributed by atoms with Crippen molar-refractivity contribution in [1.29, 1.82) is 0 Å². The van der Waals surface area contributed by atoms with Gasteiger partial charge in [0.25, 0.3) is 0 Å². The number of carbonyl (C=O) groups is 2. The Hall–Kier alpha value is -1.30. The molecule has 0 radical (unpaired) electrons. The zero-order chi connectivity index (χ0) is 15.5. The first-order chi connectivity index (χ1) is 10.2. The molecule has 0 spiro atoms. The van der Waals surface area contributed by atoms with Gasteiger partial charge in [-0.05, 0) is 39.2 Å². The van der Waals surface area contributed by atoms with Gasteiger partial charge in [-0.3, -0.25) is 4.79 Å². The molecular weight excluding hydrogens is 270 g/mol. The number of nitrogens with two attached hydrogens (primary N) is 1. The highest BCUT2D eigenvalue weighted by molar-refractivity contribution is 5.76. The first kappa shape index (κ1) is 17.8. The maximum absolute atomic E-state index is 12.1. The van der Waals surface area contributed by atoms with Gasteiger partial charge in [-0.2, -0.15) is 0 Å². The molecule has 1 aliphatic heterocycles. The van der Waals surface area contributed by atoms with Gasteiger partial charge in [0.05, 0.1) is 6.61 Å². The van der Waals surface area contributed by atoms with E-state index in [4.69, 9.17) is 10.5 Å². The van der Waals surface area contributed by atoms with Crippen LogP contribution >= 0.6 is 0 Å². The Morgan fingerprint density at radius 1 is 1.29 bits per heavy atom. The Balaban J connectivity index is 2.24. The van der Waals surface area contributed by atoms with Gasteiger partial charge in [-0.1, -0.05) is 12.8 Å². The molecule has 6 nitrogen and oxygen atoms in total. The summed E-state index contributed by atoms with van der Waals surface area (Å²) >= 11 is 0. The molecule has 1 unspecified atom stereocenters. The van der Waals surface area contributed by atoms with Crippen LogP contribution in [0.5, 0.6) is 0 Å². The molecule has 0 bridgehead atoms. The third kappa shape index (κ3) is 7.32. The lowest BCUT2D eigenvalue weighted by Crippen LogP contribution is -2.49. The molecule has 0 aromatic carbocycles. The number of unbranched alkanes of at least 4 members (excludes halogenated alkanes) is 3. The zero-order valence-electron chi connectivity index (χ0n) is 13.1. The molecule has 0 saturated carbocycles. The predicted octanol–water partition coefficient (Wildman–Crippen LogP) is 1.63. The molecule has 1 aliphatic rings. The van der Waals surface area contributed by atoms with E-state index in [1.54, 1.807) is 6.92 Å². The molecule has 2 amide bonds. The van der Waals surface area contributed by atoms with Gasteiger partial charge >= 0.3 is 6.09 Å². The normalized spacial score (nSPS) is 18.4. The van der Waals surface area contributed by atoms with Crippen molar-refractivity contribution in [2.45, 2.75) is 57.9 Å². The van der Waals surface area contributed by atoms with Gasteiger partial charge in [0.2, 0.25) is 5.91 Å². The molecule has 122 valence electrons. The van der Waals surface area contributed by atoms with Crippen LogP contribution in [-0.2, 0) is 9.53 Å². The quantitative estimate of drug-likeness (QED) is 0.667. The van der Waals surface area contributed by atoms with E-state index in [1.165, 1.54) is 0 Å². The number of piperidine rings is 1. The maximum Gasteiger partial charge on any atom is 0.407 e. The lowest BCUT2D eigenvalue weighted by Gasteiger charge is -2.33. The fraction of sp³-hybridized carbons (Fsp3) is 0.867. The lowest BCUT2D eigenvalue weighted by molar-refractivity contribution is -0.132. The second kappa shape index (κ2) is 10.4. The second-order valence-corrected chi connectivity index (χ2v) is 5.50. The minimum atomic E-state index is -0.390. The minimum Gasteiger partial charge on any atom is -0.450 e. The van der Waals surface area contributed by atoms with E-state index in [0.29, 0.717) is 19.6 Å². The highest BCUT2D eigenvalue weighted by Gasteiger charge is 2.24. The number of nitrogens with one attached hydrogen (secondary N) is 1. The summed E-state index contributed by atoms with van der Waals surface area (Å²) in [6, 6.07) is 0.0130. The highest BCUT2D eigenvalue weighted by Crippen LogP contribution is 2.13. The van der Waals surface area contributed by atoms with Crippen molar-refractivity contribution in [3.63, 3.8) is 0 Å². The molecule has 0 aliphatic carbocycles. The van der Waals surface area contributed by atoms with E-state index in [9.17, 15) is 9.59 Å². The molecule has 6 heteroatoms. The summed E-state index contributed by atoms with van der Waals surface area (Å²) in [6.45, 7) is 4.26. The largest absolute Gasteiger partial charge is 0.450 e. The molecule has 1 atom stereocenters. The van der Waals surface area contributed by atoms with Crippen LogP contribution in [-0.4, -0.2) is 49.2 Å². The fourth-order valence-electron chi connectivity index (χ4n) is 2.59. The van der Waals surface area contributed by atoms with Crippen LogP contribution < -0.4 is 11.1 Å². The van der Waals surface area contributed by atoms with Crippen molar-refractivity contribution < 1.29 is 14.3 Å². The van der Waals surface area contributed by atoms with Crippen molar-refractivity contribution in [3.05, 3.63) is 0 Å². The van der Waals surface area contributed by atoms with Gasteiger partial charge < -0.3 is 20.7 Å². The van der Waals surface area contributed by atoms with Crippen LogP contribution in [0.3, 0.4) is 0 Å². The van der Waals surface area contributed by atoms with Crippen LogP contribution in [0.1, 0.15) is 51.9 Å². The minimum absolute atomic E-state index is 0.0130. The van der Waals surface area contributed by atoms with Crippen molar-refractivity contribution in [2.24, 2.45) is 5.73 Å². The summed E-state index contributed by atoms with van der Waals surface area (Å²) in [5, 5.41) is 2.82. The summed E-state index contributed by atoms with van der Waals surface area (Å²) < 4.78 is 4.88. The van der Waals surface area contributed by atoms with E-state index in [2.05, 4.69) is 5.32 Å². The van der Waals surface area contributed by atoms with Gasteiger partial charge in [0, 0.05) is 25.6 Å². The first-order valence-electron chi connectivity index (χ1n) is 8.08. The van der Waals surface area contributed by atoms with Crippen LogP contribution in [0, 0.1) is 0 Å². The van der Waals surface area contributed by atoms with Gasteiger partial charge in [0.15, 0.2) is 0 Å². The molecule has 1 rings (SSSR count). The number of carbonyl (C=O) groups excluding carboxylic acids is 2. The summed E-state index contributed by atoms with van der Waals surface area (Å²) in [4.78, 5) is 25.4. The summed E-state index contributed by atoms with van der Waals surface area (Å²) in [5.41, 5.74) is 5.44. The smallest absolute Gasteiger partial charge is 0.407 e. The SMILES string of the molecule is CCOC(=O)NC1CCCN(C(=O)CCCCCCN)C1. The molecule has 0 aromatic rings. The Morgan fingerprint density at radius 3 is 2.76 bits per heavy atom. The summed E-state index contributed by atoms with van der Waals surface area (Å²) in [6.07, 6.45) is 6.14. The van der Waals surface area contributed by atoms with Crippen LogP contribution in [0.4, 0.5) is 4.79 Å². The van der Waals surface area contributed by atoms with Crippen molar-refractivity contribution >= 4 is 12.0 Å². The molecule has 1 heterocycles. The second-order valence-electron chi connectivity index (χ2n) is 5.50. The number of ether oxygens (including phenoxy) is 1. The van der Waals surface area contributed by atoms with E-state index in [1.807, 2.05) is 4.90 Å². The standard InChI is InChI=1S/C15H29N3O3/c1-2-21-15(20)17-13-8-7-11-18(12-13)14(19)9-5-3-4-6-10-16/h13H,2-12,16H2,1H3,(H,17,20). The molecule has 3 N–H and O–H groups in total. The average molecular weight is 299 g/mol. The third-order valence-electron chi connectivity index (χ3n) is 3.72. The Morgan fingerprint density at radius 2 is 2.05 bits per heavy atom. The Labute approximate surface area is 127 Å². The topological polar surface area (TPSA) is 84.7 Å². The van der Waals surface area contributed by atoms with Gasteiger partial charge in [-0.25, -0.2) is 4.79 Å². The Kier molecular flexibility index (Phi) is 8.82. The van der Waals surface area contributed by atoms with Crippen LogP contribution in [0.2, 0.25) is 0 Å². The first-order valence-corrected chi connectivity index (χ1v) is 8.08. The average Bonchev–Trinajstić information content (AvgIpc) is 2.47. The fourth-order valence-corrected chi connectivity index (χ4v) is 2.59. The molecule has 0 aromatic heterocycles. The van der Waals surface area contributed by atoms with E-state index in [-0.39, 0.29) is 11.9 Å². The molecule has 1 saturated heterocycles. The van der Waals surface area contributed by atoms with Crippen LogP contribution in [0.25, 0.3) is 0 Å². The van der Waals surface area contributed by atoms with Crippen molar-refractivity contribution in [2.75, 3.05) is 26.2 Å². The number of amides is 2. The number of rotatable bonds is 8. The van der Waals surface area contributed by atoms with Crippen molar-refractivity contribution in [1.82, 2.24) is 10.2 Å². The lowest BCUT2D eigenvalue weighted by atomic mass is 10.0. The van der Waals surface area contributed by atoms with E-state index < -0.39 is 6.09 Å². The summed E-state index contributed by atoms with van der Waals surface area (Å²) in [7, 11) is 0. The van der Waals surface area contributed by atoms with Gasteiger partial charge in [0.1, 0.15) is 0 Å². The predicted molar refractivity (Wildman–Crippen MR) is 81.9 cm³/mol. The van der Waals surface area contributed by atoms with Crippen molar-refractivity contribution in [3.8, 4) is 0 Å². The Bertz CT molecular complexity index is 323. The number of hydrogen-bond acceptors (Lipinski definition) is 4. The highest BCUT2D eigenvalue weighted by atomic mass is 16.5. The zero-order valence-corrected chi connectivity index (χ0v) is 13.1. The van der Waals surface area contributed by atoms with E-state index >= 15 is 0 Å². The molecular formula is C15H29N3O3.